The molecule has 0 atom stereocenters. The molecule has 0 unspecified atom stereocenters. The minimum Gasteiger partial charge on any atom is -0.423 e. The van der Waals surface area contributed by atoms with E-state index in [0.29, 0.717) is 11.5 Å². The Hall–Kier alpha value is -1.14. The van der Waals surface area contributed by atoms with E-state index in [1.165, 1.54) is 23.3 Å². The van der Waals surface area contributed by atoms with Gasteiger partial charge in [0, 0.05) is 24.0 Å². The summed E-state index contributed by atoms with van der Waals surface area (Å²) in [4.78, 5) is 3.91. The summed E-state index contributed by atoms with van der Waals surface area (Å²) >= 11 is 1.81. The Morgan fingerprint density at radius 1 is 1.10 bits per heavy atom. The summed E-state index contributed by atoms with van der Waals surface area (Å²) in [7, 11) is -1.38. The SMILES string of the molecule is OB(O)c1ccc(CN(Cc2cccs2)C2CC2)cc1. The molecule has 1 heterocycles. The summed E-state index contributed by atoms with van der Waals surface area (Å²) in [6.45, 7) is 1.93. The fraction of sp³-hybridized carbons (Fsp3) is 0.333. The summed E-state index contributed by atoms with van der Waals surface area (Å²) in [5, 5.41) is 20.3. The van der Waals surface area contributed by atoms with Gasteiger partial charge in [0.05, 0.1) is 0 Å². The number of benzene rings is 1. The lowest BCUT2D eigenvalue weighted by Gasteiger charge is -2.21. The zero-order chi connectivity index (χ0) is 13.9. The quantitative estimate of drug-likeness (QED) is 0.793. The standard InChI is InChI=1S/C15H18BNO2S/c18-16(19)13-5-3-12(4-6-13)10-17(14-7-8-14)11-15-2-1-9-20-15/h1-6,9,14,18-19H,7-8,10-11H2. The second kappa shape index (κ2) is 6.10. The third kappa shape index (κ3) is 3.49. The van der Waals surface area contributed by atoms with Crippen LogP contribution in [0.4, 0.5) is 0 Å². The smallest absolute Gasteiger partial charge is 0.423 e. The normalized spacial score (nSPS) is 14.8. The average Bonchev–Trinajstić information content (AvgIpc) is 3.17. The van der Waals surface area contributed by atoms with Crippen molar-refractivity contribution in [3.63, 3.8) is 0 Å². The minimum absolute atomic E-state index is 0.546. The van der Waals surface area contributed by atoms with E-state index in [0.717, 1.165) is 13.1 Å². The molecule has 0 amide bonds. The van der Waals surface area contributed by atoms with Crippen LogP contribution in [0.5, 0.6) is 0 Å². The molecule has 1 aliphatic rings. The summed E-state index contributed by atoms with van der Waals surface area (Å²) in [6, 6.07) is 12.5. The van der Waals surface area contributed by atoms with Crippen molar-refractivity contribution < 1.29 is 10.0 Å². The van der Waals surface area contributed by atoms with Crippen molar-refractivity contribution in [1.29, 1.82) is 0 Å². The van der Waals surface area contributed by atoms with Gasteiger partial charge in [-0.05, 0) is 35.3 Å². The molecular weight excluding hydrogens is 269 g/mol. The molecule has 20 heavy (non-hydrogen) atoms. The molecule has 5 heteroatoms. The topological polar surface area (TPSA) is 43.7 Å². The average molecular weight is 287 g/mol. The van der Waals surface area contributed by atoms with Crippen molar-refractivity contribution in [2.45, 2.75) is 32.0 Å². The van der Waals surface area contributed by atoms with E-state index in [1.807, 2.05) is 12.1 Å². The zero-order valence-corrected chi connectivity index (χ0v) is 12.1. The van der Waals surface area contributed by atoms with Gasteiger partial charge in [-0.2, -0.15) is 0 Å². The van der Waals surface area contributed by atoms with Crippen molar-refractivity contribution in [3.05, 3.63) is 52.2 Å². The maximum absolute atomic E-state index is 9.11. The summed E-state index contributed by atoms with van der Waals surface area (Å²) < 4.78 is 0. The Kier molecular flexibility index (Phi) is 4.22. The van der Waals surface area contributed by atoms with Gasteiger partial charge in [-0.3, -0.25) is 4.90 Å². The molecule has 3 nitrogen and oxygen atoms in total. The molecule has 3 rings (SSSR count). The van der Waals surface area contributed by atoms with Gasteiger partial charge in [-0.25, -0.2) is 0 Å². The van der Waals surface area contributed by atoms with Gasteiger partial charge < -0.3 is 10.0 Å². The Bertz CT molecular complexity index is 538. The van der Waals surface area contributed by atoms with Crippen molar-refractivity contribution in [3.8, 4) is 0 Å². The van der Waals surface area contributed by atoms with E-state index in [9.17, 15) is 0 Å². The molecule has 1 aliphatic carbocycles. The monoisotopic (exact) mass is 287 g/mol. The van der Waals surface area contributed by atoms with E-state index in [2.05, 4.69) is 22.4 Å². The zero-order valence-electron chi connectivity index (χ0n) is 11.3. The third-order valence-electron chi connectivity index (χ3n) is 3.67. The third-order valence-corrected chi connectivity index (χ3v) is 4.53. The second-order valence-corrected chi connectivity index (χ2v) is 6.36. The first-order valence-electron chi connectivity index (χ1n) is 6.94. The van der Waals surface area contributed by atoms with E-state index in [-0.39, 0.29) is 0 Å². The van der Waals surface area contributed by atoms with Gasteiger partial charge in [0.15, 0.2) is 0 Å². The largest absolute Gasteiger partial charge is 0.488 e. The lowest BCUT2D eigenvalue weighted by atomic mass is 9.80. The first-order chi connectivity index (χ1) is 9.72. The molecule has 0 radical (unpaired) electrons. The van der Waals surface area contributed by atoms with Crippen LogP contribution < -0.4 is 5.46 Å². The first-order valence-corrected chi connectivity index (χ1v) is 7.82. The van der Waals surface area contributed by atoms with Crippen molar-refractivity contribution in [2.24, 2.45) is 0 Å². The van der Waals surface area contributed by atoms with Gasteiger partial charge in [0.25, 0.3) is 0 Å². The van der Waals surface area contributed by atoms with Gasteiger partial charge in [-0.15, -0.1) is 11.3 Å². The molecule has 0 spiro atoms. The molecule has 1 aromatic carbocycles. The van der Waals surface area contributed by atoms with Crippen LogP contribution in [0.2, 0.25) is 0 Å². The summed E-state index contributed by atoms with van der Waals surface area (Å²) in [6.07, 6.45) is 2.58. The van der Waals surface area contributed by atoms with Gasteiger partial charge in [-0.1, -0.05) is 30.3 Å². The molecule has 1 saturated carbocycles. The van der Waals surface area contributed by atoms with Crippen molar-refractivity contribution in [1.82, 2.24) is 4.90 Å². The molecule has 1 fully saturated rings. The number of hydrogen-bond donors (Lipinski definition) is 2. The van der Waals surface area contributed by atoms with Crippen molar-refractivity contribution in [2.75, 3.05) is 0 Å². The minimum atomic E-state index is -1.38. The van der Waals surface area contributed by atoms with Crippen LogP contribution >= 0.6 is 11.3 Å². The Morgan fingerprint density at radius 3 is 2.40 bits per heavy atom. The maximum atomic E-state index is 9.11. The lowest BCUT2D eigenvalue weighted by molar-refractivity contribution is 0.248. The van der Waals surface area contributed by atoms with Crippen LogP contribution in [-0.2, 0) is 13.1 Å². The van der Waals surface area contributed by atoms with Crippen LogP contribution in [0.1, 0.15) is 23.3 Å². The molecular formula is C15H18BNO2S. The first kappa shape index (κ1) is 13.8. The molecule has 0 saturated heterocycles. The Balaban J connectivity index is 1.67. The lowest BCUT2D eigenvalue weighted by Crippen LogP contribution is -2.30. The highest BCUT2D eigenvalue weighted by Gasteiger charge is 2.29. The number of hydrogen-bond acceptors (Lipinski definition) is 4. The summed E-state index contributed by atoms with van der Waals surface area (Å²) in [5.41, 5.74) is 1.77. The highest BCUT2D eigenvalue weighted by atomic mass is 32.1. The van der Waals surface area contributed by atoms with Gasteiger partial charge >= 0.3 is 7.12 Å². The number of nitrogens with zero attached hydrogens (tertiary/aromatic N) is 1. The maximum Gasteiger partial charge on any atom is 0.488 e. The molecule has 1 aromatic heterocycles. The predicted octanol–water partition coefficient (Wildman–Crippen LogP) is 1.59. The van der Waals surface area contributed by atoms with Crippen LogP contribution in [0, 0.1) is 0 Å². The predicted molar refractivity (Wildman–Crippen MR) is 82.9 cm³/mol. The van der Waals surface area contributed by atoms with Gasteiger partial charge in [0.1, 0.15) is 0 Å². The number of thiophene rings is 1. The van der Waals surface area contributed by atoms with Crippen LogP contribution in [0.25, 0.3) is 0 Å². The molecule has 0 aliphatic heterocycles. The molecule has 0 bridgehead atoms. The van der Waals surface area contributed by atoms with Gasteiger partial charge in [0.2, 0.25) is 0 Å². The highest BCUT2D eigenvalue weighted by molar-refractivity contribution is 7.09. The molecule has 2 N–H and O–H groups in total. The molecule has 104 valence electrons. The fourth-order valence-electron chi connectivity index (χ4n) is 2.39. The van der Waals surface area contributed by atoms with Crippen molar-refractivity contribution >= 4 is 23.9 Å². The van der Waals surface area contributed by atoms with E-state index in [1.54, 1.807) is 23.5 Å². The van der Waals surface area contributed by atoms with E-state index < -0.39 is 7.12 Å². The van der Waals surface area contributed by atoms with Crippen LogP contribution in [0.15, 0.2) is 41.8 Å². The van der Waals surface area contributed by atoms with Crippen LogP contribution in [-0.4, -0.2) is 28.1 Å². The van der Waals surface area contributed by atoms with E-state index >= 15 is 0 Å². The second-order valence-electron chi connectivity index (χ2n) is 5.33. The highest BCUT2D eigenvalue weighted by Crippen LogP contribution is 2.30. The Labute approximate surface area is 123 Å². The summed E-state index contributed by atoms with van der Waals surface area (Å²) in [5.74, 6) is 0. The fourth-order valence-corrected chi connectivity index (χ4v) is 3.12. The molecule has 2 aromatic rings. The van der Waals surface area contributed by atoms with Crippen LogP contribution in [0.3, 0.4) is 0 Å². The Morgan fingerprint density at radius 2 is 1.85 bits per heavy atom. The van der Waals surface area contributed by atoms with E-state index in [4.69, 9.17) is 10.0 Å². The number of rotatable bonds is 6.